The van der Waals surface area contributed by atoms with Gasteiger partial charge in [-0.15, -0.1) is 0 Å². The van der Waals surface area contributed by atoms with Crippen molar-refractivity contribution in [2.45, 2.75) is 12.5 Å². The fourth-order valence-corrected chi connectivity index (χ4v) is 1.50. The molecule has 0 aromatic carbocycles. The van der Waals surface area contributed by atoms with Crippen molar-refractivity contribution in [2.24, 2.45) is 0 Å². The van der Waals surface area contributed by atoms with Crippen LogP contribution in [0, 0.1) is 0 Å². The van der Waals surface area contributed by atoms with Gasteiger partial charge in [0.2, 0.25) is 0 Å². The molecule has 1 aromatic rings. The second kappa shape index (κ2) is 4.39. The molecule has 1 atom stereocenters. The average Bonchev–Trinajstić information content (AvgIpc) is 2.47. The lowest BCUT2D eigenvalue weighted by atomic mass is 10.2. The van der Waals surface area contributed by atoms with E-state index in [-0.39, 0.29) is 11.8 Å². The fourth-order valence-electron chi connectivity index (χ4n) is 1.50. The van der Waals surface area contributed by atoms with Crippen molar-refractivity contribution in [1.82, 2.24) is 10.3 Å². The summed E-state index contributed by atoms with van der Waals surface area (Å²) < 4.78 is 5.43. The van der Waals surface area contributed by atoms with Crippen LogP contribution in [0.2, 0.25) is 0 Å². The first-order valence-electron chi connectivity index (χ1n) is 4.82. The first-order valence-corrected chi connectivity index (χ1v) is 4.82. The van der Waals surface area contributed by atoms with E-state index >= 15 is 0 Å². The first kappa shape index (κ1) is 9.43. The molecule has 1 aliphatic heterocycles. The molecule has 0 amide bonds. The van der Waals surface area contributed by atoms with Gasteiger partial charge in [0.25, 0.3) is 0 Å². The van der Waals surface area contributed by atoms with Crippen LogP contribution in [0.15, 0.2) is 18.3 Å². The zero-order chi connectivity index (χ0) is 9.80. The average molecular weight is 194 g/mol. The van der Waals surface area contributed by atoms with Crippen LogP contribution < -0.4 is 5.32 Å². The Morgan fingerprint density at radius 3 is 3.21 bits per heavy atom. The van der Waals surface area contributed by atoms with Crippen LogP contribution in [-0.2, 0) is 4.74 Å². The monoisotopic (exact) mass is 194 g/mol. The number of hydrogen-bond acceptors (Lipinski definition) is 4. The van der Waals surface area contributed by atoms with Crippen LogP contribution in [0.1, 0.15) is 18.2 Å². The molecule has 76 valence electrons. The third kappa shape index (κ3) is 2.21. The number of nitrogens with one attached hydrogen (secondary N) is 1. The highest BCUT2D eigenvalue weighted by atomic mass is 16.5. The second-order valence-electron chi connectivity index (χ2n) is 3.38. The van der Waals surface area contributed by atoms with Crippen LogP contribution in [-0.4, -0.2) is 29.8 Å². The summed E-state index contributed by atoms with van der Waals surface area (Å²) in [6.07, 6.45) is 2.50. The topological polar surface area (TPSA) is 54.4 Å². The van der Waals surface area contributed by atoms with Gasteiger partial charge in [-0.1, -0.05) is 0 Å². The van der Waals surface area contributed by atoms with Crippen molar-refractivity contribution in [3.05, 3.63) is 24.0 Å². The van der Waals surface area contributed by atoms with Crippen molar-refractivity contribution in [1.29, 1.82) is 0 Å². The summed E-state index contributed by atoms with van der Waals surface area (Å²) >= 11 is 0. The molecule has 2 heterocycles. The van der Waals surface area contributed by atoms with Crippen LogP contribution in [0.25, 0.3) is 0 Å². The minimum absolute atomic E-state index is 0.151. The van der Waals surface area contributed by atoms with Crippen LogP contribution in [0.4, 0.5) is 0 Å². The smallest absolute Gasteiger partial charge is 0.133 e. The number of aromatic nitrogens is 1. The van der Waals surface area contributed by atoms with Gasteiger partial charge in [-0.25, -0.2) is 0 Å². The SMILES string of the molecule is Oc1ccc(C2COCCCN2)nc1. The molecule has 2 rings (SSSR count). The predicted octanol–water partition coefficient (Wildman–Crippen LogP) is 0.838. The highest BCUT2D eigenvalue weighted by molar-refractivity contribution is 5.20. The van der Waals surface area contributed by atoms with Gasteiger partial charge in [-0.05, 0) is 25.1 Å². The largest absolute Gasteiger partial charge is 0.506 e. The molecule has 0 radical (unpaired) electrons. The molecule has 0 aliphatic carbocycles. The molecule has 0 spiro atoms. The Bertz CT molecular complexity index is 279. The van der Waals surface area contributed by atoms with E-state index in [0.29, 0.717) is 6.61 Å². The Kier molecular flexibility index (Phi) is 2.96. The van der Waals surface area contributed by atoms with Crippen LogP contribution in [0.3, 0.4) is 0 Å². The second-order valence-corrected chi connectivity index (χ2v) is 3.38. The third-order valence-electron chi connectivity index (χ3n) is 2.27. The first-order chi connectivity index (χ1) is 6.86. The molecular weight excluding hydrogens is 180 g/mol. The Hall–Kier alpha value is -1.13. The summed E-state index contributed by atoms with van der Waals surface area (Å²) in [6, 6.07) is 3.62. The molecule has 0 saturated carbocycles. The van der Waals surface area contributed by atoms with Crippen LogP contribution in [0.5, 0.6) is 5.75 Å². The Morgan fingerprint density at radius 1 is 1.50 bits per heavy atom. The van der Waals surface area contributed by atoms with E-state index in [9.17, 15) is 0 Å². The number of rotatable bonds is 1. The Balaban J connectivity index is 2.08. The highest BCUT2D eigenvalue weighted by Crippen LogP contribution is 2.15. The number of nitrogens with zero attached hydrogens (tertiary/aromatic N) is 1. The lowest BCUT2D eigenvalue weighted by Gasteiger charge is -2.14. The number of ether oxygens (including phenoxy) is 1. The number of pyridine rings is 1. The van der Waals surface area contributed by atoms with E-state index in [0.717, 1.165) is 25.3 Å². The molecule has 1 aromatic heterocycles. The Labute approximate surface area is 82.9 Å². The molecule has 4 nitrogen and oxygen atoms in total. The van der Waals surface area contributed by atoms with Crippen molar-refractivity contribution in [2.75, 3.05) is 19.8 Å². The molecule has 1 unspecified atom stereocenters. The van der Waals surface area contributed by atoms with Crippen molar-refractivity contribution in [3.63, 3.8) is 0 Å². The molecular formula is C10H14N2O2. The predicted molar refractivity (Wildman–Crippen MR) is 52.1 cm³/mol. The van der Waals surface area contributed by atoms with Gasteiger partial charge in [0.15, 0.2) is 0 Å². The maximum Gasteiger partial charge on any atom is 0.133 e. The maximum absolute atomic E-state index is 9.10. The minimum atomic E-state index is 0.151. The van der Waals surface area contributed by atoms with E-state index in [1.165, 1.54) is 6.20 Å². The lowest BCUT2D eigenvalue weighted by Crippen LogP contribution is -2.24. The van der Waals surface area contributed by atoms with E-state index < -0.39 is 0 Å². The van der Waals surface area contributed by atoms with Gasteiger partial charge in [-0.3, -0.25) is 4.98 Å². The molecule has 1 aliphatic rings. The molecule has 2 N–H and O–H groups in total. The van der Waals surface area contributed by atoms with Crippen molar-refractivity contribution in [3.8, 4) is 5.75 Å². The van der Waals surface area contributed by atoms with Gasteiger partial charge >= 0.3 is 0 Å². The maximum atomic E-state index is 9.10. The number of aromatic hydroxyl groups is 1. The number of hydrogen-bond donors (Lipinski definition) is 2. The van der Waals surface area contributed by atoms with E-state index in [1.807, 2.05) is 6.07 Å². The highest BCUT2D eigenvalue weighted by Gasteiger charge is 2.14. The van der Waals surface area contributed by atoms with Gasteiger partial charge in [0.05, 0.1) is 24.5 Å². The van der Waals surface area contributed by atoms with Crippen molar-refractivity contribution >= 4 is 0 Å². The summed E-state index contributed by atoms with van der Waals surface area (Å²) in [5.74, 6) is 0.197. The molecule has 0 bridgehead atoms. The van der Waals surface area contributed by atoms with Gasteiger partial charge in [-0.2, -0.15) is 0 Å². The molecule has 14 heavy (non-hydrogen) atoms. The van der Waals surface area contributed by atoms with Gasteiger partial charge < -0.3 is 15.2 Å². The molecule has 4 heteroatoms. The zero-order valence-corrected chi connectivity index (χ0v) is 7.94. The summed E-state index contributed by atoms with van der Waals surface area (Å²) in [4.78, 5) is 4.15. The summed E-state index contributed by atoms with van der Waals surface area (Å²) in [5.41, 5.74) is 0.921. The summed E-state index contributed by atoms with van der Waals surface area (Å²) in [7, 11) is 0. The van der Waals surface area contributed by atoms with E-state index in [1.54, 1.807) is 6.07 Å². The van der Waals surface area contributed by atoms with Gasteiger partial charge in [0, 0.05) is 6.61 Å². The van der Waals surface area contributed by atoms with Crippen molar-refractivity contribution < 1.29 is 9.84 Å². The lowest BCUT2D eigenvalue weighted by molar-refractivity contribution is 0.130. The summed E-state index contributed by atoms with van der Waals surface area (Å²) in [5, 5.41) is 12.4. The zero-order valence-electron chi connectivity index (χ0n) is 7.94. The molecule has 1 fully saturated rings. The Morgan fingerprint density at radius 2 is 2.43 bits per heavy atom. The summed E-state index contributed by atoms with van der Waals surface area (Å²) in [6.45, 7) is 2.41. The minimum Gasteiger partial charge on any atom is -0.506 e. The third-order valence-corrected chi connectivity index (χ3v) is 2.27. The molecule has 1 saturated heterocycles. The normalized spacial score (nSPS) is 23.0. The van der Waals surface area contributed by atoms with Crippen LogP contribution >= 0.6 is 0 Å². The fraction of sp³-hybridized carbons (Fsp3) is 0.500. The van der Waals surface area contributed by atoms with E-state index in [2.05, 4.69) is 10.3 Å². The van der Waals surface area contributed by atoms with Gasteiger partial charge in [0.1, 0.15) is 5.75 Å². The van der Waals surface area contributed by atoms with E-state index in [4.69, 9.17) is 9.84 Å². The quantitative estimate of drug-likeness (QED) is 0.695. The standard InChI is InChI=1S/C10H14N2O2/c13-8-2-3-9(12-6-8)10-7-14-5-1-4-11-10/h2-3,6,10-11,13H,1,4-5,7H2.